The van der Waals surface area contributed by atoms with Crippen LogP contribution in [0.25, 0.3) is 0 Å². The fraction of sp³-hybridized carbons (Fsp3) is 0.300. The Hall–Kier alpha value is -1.65. The molecule has 0 spiro atoms. The lowest BCUT2D eigenvalue weighted by atomic mass is 9.99. The van der Waals surface area contributed by atoms with Crippen LogP contribution in [0, 0.1) is 11.6 Å². The van der Waals surface area contributed by atoms with E-state index in [9.17, 15) is 13.6 Å². The van der Waals surface area contributed by atoms with Crippen LogP contribution in [-0.4, -0.2) is 13.0 Å². The number of methoxy groups -OCH3 is 1. The summed E-state index contributed by atoms with van der Waals surface area (Å²) in [7, 11) is 1.34. The Morgan fingerprint density at radius 1 is 1.40 bits per heavy atom. The van der Waals surface area contributed by atoms with Crippen molar-refractivity contribution in [2.24, 2.45) is 0 Å². The number of halogens is 2. The van der Waals surface area contributed by atoms with Crippen molar-refractivity contribution in [2.45, 2.75) is 12.5 Å². The summed E-state index contributed by atoms with van der Waals surface area (Å²) in [5, 5.41) is 2.44. The minimum absolute atomic E-state index is 0.0741. The maximum atomic E-state index is 13.5. The molecule has 0 aromatic heterocycles. The number of carbonyl (C=O) groups is 1. The molecule has 1 N–H and O–H groups in total. The highest BCUT2D eigenvalue weighted by molar-refractivity contribution is 6.03. The topological polar surface area (TPSA) is 48.2 Å². The van der Waals surface area contributed by atoms with E-state index in [0.29, 0.717) is 0 Å². The quantitative estimate of drug-likeness (QED) is 0.753. The molecule has 1 aromatic carbocycles. The zero-order valence-corrected chi connectivity index (χ0v) is 8.23. The molecule has 1 aromatic rings. The highest BCUT2D eigenvalue weighted by Crippen LogP contribution is 2.40. The molecule has 0 bridgehead atoms. The standard InChI is InChI=1S/C10H9F2NO2/c1-10(9(14)13-10)7-6(15-2)4-3-5(11)8(7)12/h3-4H,1-2H3,(H,13,14). The first-order chi connectivity index (χ1) is 7.00. The highest BCUT2D eigenvalue weighted by atomic mass is 19.2. The van der Waals surface area contributed by atoms with Crippen molar-refractivity contribution in [2.75, 3.05) is 7.11 Å². The van der Waals surface area contributed by atoms with Crippen LogP contribution in [0.5, 0.6) is 5.75 Å². The zero-order valence-electron chi connectivity index (χ0n) is 8.23. The predicted molar refractivity (Wildman–Crippen MR) is 48.4 cm³/mol. The fourth-order valence-electron chi connectivity index (χ4n) is 1.54. The third kappa shape index (κ3) is 1.26. The SMILES string of the molecule is COc1ccc(F)c(F)c1C1(C)NC1=O. The number of benzene rings is 1. The molecule has 2 rings (SSSR count). The number of ether oxygens (including phenoxy) is 1. The van der Waals surface area contributed by atoms with E-state index in [-0.39, 0.29) is 17.2 Å². The number of nitrogens with one attached hydrogen (secondary N) is 1. The molecule has 0 aliphatic carbocycles. The molecule has 80 valence electrons. The Bertz CT molecular complexity index is 447. The van der Waals surface area contributed by atoms with Crippen LogP contribution < -0.4 is 10.1 Å². The second kappa shape index (κ2) is 2.92. The third-order valence-electron chi connectivity index (χ3n) is 2.53. The molecular weight excluding hydrogens is 204 g/mol. The van der Waals surface area contributed by atoms with Gasteiger partial charge in [0.15, 0.2) is 11.6 Å². The van der Waals surface area contributed by atoms with Gasteiger partial charge in [0.05, 0.1) is 12.7 Å². The molecule has 1 unspecified atom stereocenters. The van der Waals surface area contributed by atoms with E-state index in [2.05, 4.69) is 5.32 Å². The van der Waals surface area contributed by atoms with Gasteiger partial charge in [-0.05, 0) is 19.1 Å². The van der Waals surface area contributed by atoms with E-state index in [1.165, 1.54) is 20.1 Å². The van der Waals surface area contributed by atoms with Gasteiger partial charge >= 0.3 is 0 Å². The maximum Gasteiger partial charge on any atom is 0.251 e. The molecule has 0 radical (unpaired) electrons. The molecule has 3 nitrogen and oxygen atoms in total. The van der Waals surface area contributed by atoms with E-state index in [1.54, 1.807) is 0 Å². The molecule has 0 saturated carbocycles. The second-order valence-corrected chi connectivity index (χ2v) is 3.52. The molecule has 1 atom stereocenters. The van der Waals surface area contributed by atoms with Crippen molar-refractivity contribution >= 4 is 5.91 Å². The summed E-state index contributed by atoms with van der Waals surface area (Å²) in [5.74, 6) is -2.22. The van der Waals surface area contributed by atoms with Gasteiger partial charge in [0.2, 0.25) is 0 Å². The van der Waals surface area contributed by atoms with Crippen LogP contribution in [-0.2, 0) is 10.3 Å². The Morgan fingerprint density at radius 2 is 2.00 bits per heavy atom. The first-order valence-electron chi connectivity index (χ1n) is 4.36. The van der Waals surface area contributed by atoms with E-state index >= 15 is 0 Å². The molecule has 5 heteroatoms. The lowest BCUT2D eigenvalue weighted by Crippen LogP contribution is -2.13. The average molecular weight is 213 g/mol. The Morgan fingerprint density at radius 3 is 2.47 bits per heavy atom. The highest BCUT2D eigenvalue weighted by Gasteiger charge is 2.54. The van der Waals surface area contributed by atoms with Gasteiger partial charge < -0.3 is 10.1 Å². The number of hydrogen-bond donors (Lipinski definition) is 1. The normalized spacial score (nSPS) is 23.6. The Labute approximate surface area is 85.0 Å². The van der Waals surface area contributed by atoms with Crippen molar-refractivity contribution in [1.82, 2.24) is 5.32 Å². The largest absolute Gasteiger partial charge is 0.496 e. The van der Waals surface area contributed by atoms with Gasteiger partial charge in [0.25, 0.3) is 5.91 Å². The second-order valence-electron chi connectivity index (χ2n) is 3.52. The number of carbonyl (C=O) groups excluding carboxylic acids is 1. The summed E-state index contributed by atoms with van der Waals surface area (Å²) in [6.07, 6.45) is 0. The lowest BCUT2D eigenvalue weighted by molar-refractivity contribution is -0.112. The minimum Gasteiger partial charge on any atom is -0.496 e. The summed E-state index contributed by atoms with van der Waals surface area (Å²) in [6, 6.07) is 2.26. The summed E-state index contributed by atoms with van der Waals surface area (Å²) < 4.78 is 31.4. The van der Waals surface area contributed by atoms with E-state index in [0.717, 1.165) is 6.07 Å². The smallest absolute Gasteiger partial charge is 0.251 e. The lowest BCUT2D eigenvalue weighted by Gasteiger charge is -2.12. The predicted octanol–water partition coefficient (Wildman–Crippen LogP) is 1.32. The fourth-order valence-corrected chi connectivity index (χ4v) is 1.54. The molecule has 1 aliphatic rings. The van der Waals surface area contributed by atoms with Crippen LogP contribution in [0.3, 0.4) is 0 Å². The molecule has 1 aliphatic heterocycles. The van der Waals surface area contributed by atoms with E-state index in [1.807, 2.05) is 0 Å². The van der Waals surface area contributed by atoms with Crippen LogP contribution >= 0.6 is 0 Å². The molecule has 1 fully saturated rings. The number of rotatable bonds is 2. The summed E-state index contributed by atoms with van der Waals surface area (Å²) >= 11 is 0. The van der Waals surface area contributed by atoms with Crippen LogP contribution in [0.4, 0.5) is 8.78 Å². The third-order valence-corrected chi connectivity index (χ3v) is 2.53. The van der Waals surface area contributed by atoms with Gasteiger partial charge in [-0.2, -0.15) is 0 Å². The number of hydrogen-bond acceptors (Lipinski definition) is 2. The van der Waals surface area contributed by atoms with Crippen LogP contribution in [0.1, 0.15) is 12.5 Å². The maximum absolute atomic E-state index is 13.5. The van der Waals surface area contributed by atoms with Gasteiger partial charge in [-0.3, -0.25) is 4.79 Å². The summed E-state index contributed by atoms with van der Waals surface area (Å²) in [5.41, 5.74) is -1.23. The Kier molecular flexibility index (Phi) is 1.92. The monoisotopic (exact) mass is 213 g/mol. The Balaban J connectivity index is 2.63. The molecule has 1 heterocycles. The van der Waals surface area contributed by atoms with Crippen LogP contribution in [0.15, 0.2) is 12.1 Å². The summed E-state index contributed by atoms with van der Waals surface area (Å²) in [4.78, 5) is 11.1. The van der Waals surface area contributed by atoms with Crippen molar-refractivity contribution in [3.63, 3.8) is 0 Å². The zero-order chi connectivity index (χ0) is 11.2. The molecule has 1 saturated heterocycles. The van der Waals surface area contributed by atoms with Crippen molar-refractivity contribution in [1.29, 1.82) is 0 Å². The van der Waals surface area contributed by atoms with E-state index < -0.39 is 17.2 Å². The van der Waals surface area contributed by atoms with Crippen molar-refractivity contribution in [3.05, 3.63) is 29.3 Å². The van der Waals surface area contributed by atoms with Crippen LogP contribution in [0.2, 0.25) is 0 Å². The van der Waals surface area contributed by atoms with Gasteiger partial charge in [-0.15, -0.1) is 0 Å². The molecular formula is C10H9F2NO2. The first-order valence-corrected chi connectivity index (χ1v) is 4.36. The van der Waals surface area contributed by atoms with Gasteiger partial charge in [0, 0.05) is 0 Å². The minimum atomic E-state index is -1.16. The first kappa shape index (κ1) is 9.89. The van der Waals surface area contributed by atoms with Gasteiger partial charge in [-0.25, -0.2) is 8.78 Å². The number of amides is 1. The molecule has 15 heavy (non-hydrogen) atoms. The van der Waals surface area contributed by atoms with E-state index in [4.69, 9.17) is 4.74 Å². The summed E-state index contributed by atoms with van der Waals surface area (Å²) in [6.45, 7) is 1.48. The van der Waals surface area contributed by atoms with Crippen molar-refractivity contribution < 1.29 is 18.3 Å². The van der Waals surface area contributed by atoms with Crippen molar-refractivity contribution in [3.8, 4) is 5.75 Å². The van der Waals surface area contributed by atoms with Gasteiger partial charge in [0.1, 0.15) is 11.3 Å². The molecule has 1 amide bonds. The van der Waals surface area contributed by atoms with Gasteiger partial charge in [-0.1, -0.05) is 0 Å². The average Bonchev–Trinajstić information content (AvgIpc) is 2.79.